The first kappa shape index (κ1) is 22.6. The van der Waals surface area contributed by atoms with Gasteiger partial charge in [0, 0.05) is 17.2 Å². The zero-order chi connectivity index (χ0) is 23.2. The van der Waals surface area contributed by atoms with Crippen LogP contribution in [0.1, 0.15) is 56.9 Å². The van der Waals surface area contributed by atoms with E-state index in [0.29, 0.717) is 11.4 Å². The van der Waals surface area contributed by atoms with Gasteiger partial charge in [0.2, 0.25) is 0 Å². The van der Waals surface area contributed by atoms with E-state index in [-0.39, 0.29) is 48.2 Å². The van der Waals surface area contributed by atoms with Crippen LogP contribution in [0.15, 0.2) is 39.2 Å². The van der Waals surface area contributed by atoms with Gasteiger partial charge in [-0.2, -0.15) is 0 Å². The maximum absolute atomic E-state index is 13.8. The van der Waals surface area contributed by atoms with Crippen molar-refractivity contribution in [3.05, 3.63) is 56.5 Å². The maximum atomic E-state index is 13.8. The van der Waals surface area contributed by atoms with Crippen LogP contribution in [0.4, 0.5) is 4.39 Å². The second-order valence-corrected chi connectivity index (χ2v) is 9.07. The van der Waals surface area contributed by atoms with Crippen molar-refractivity contribution in [3.8, 4) is 0 Å². The molecule has 1 aromatic heterocycles. The third kappa shape index (κ3) is 3.46. The number of nitrogens with zero attached hydrogens (tertiary/aromatic N) is 2. The van der Waals surface area contributed by atoms with Crippen molar-refractivity contribution in [3.63, 3.8) is 0 Å². The number of alkyl halides is 1. The number of rotatable bonds is 4. The third-order valence-electron chi connectivity index (χ3n) is 6.80. The van der Waals surface area contributed by atoms with E-state index in [4.69, 9.17) is 15.5 Å². The van der Waals surface area contributed by atoms with Crippen molar-refractivity contribution in [1.82, 2.24) is 4.57 Å². The van der Waals surface area contributed by atoms with Gasteiger partial charge in [-0.25, -0.2) is 9.18 Å². The summed E-state index contributed by atoms with van der Waals surface area (Å²) in [7, 11) is 0. The van der Waals surface area contributed by atoms with Gasteiger partial charge in [0.1, 0.15) is 13.3 Å². The lowest BCUT2D eigenvalue weighted by Crippen LogP contribution is -2.44. The largest absolute Gasteiger partial charge is 0.458 e. The summed E-state index contributed by atoms with van der Waals surface area (Å²) >= 11 is 0. The number of aliphatic imine (C=N–C) groups is 1. The highest BCUT2D eigenvalue weighted by Gasteiger charge is 2.45. The molecule has 3 N–H and O–H groups in total. The molecule has 172 valence electrons. The van der Waals surface area contributed by atoms with Crippen LogP contribution in [-0.4, -0.2) is 40.1 Å². The minimum atomic E-state index is -1.90. The van der Waals surface area contributed by atoms with E-state index in [1.807, 2.05) is 26.0 Å². The fraction of sp³-hybridized carbons (Fsp3) is 0.542. The van der Waals surface area contributed by atoms with Gasteiger partial charge >= 0.3 is 5.97 Å². The van der Waals surface area contributed by atoms with Gasteiger partial charge in [0.05, 0.1) is 29.6 Å². The molecule has 7 nitrogen and oxygen atoms in total. The van der Waals surface area contributed by atoms with Crippen molar-refractivity contribution in [2.24, 2.45) is 16.6 Å². The first-order chi connectivity index (χ1) is 15.2. The normalized spacial score (nSPS) is 29.3. The number of allylic oxidation sites excluding steroid dienone is 2. The van der Waals surface area contributed by atoms with E-state index in [1.54, 1.807) is 17.6 Å². The van der Waals surface area contributed by atoms with Crippen LogP contribution in [0.2, 0.25) is 0 Å². The number of halogens is 1. The van der Waals surface area contributed by atoms with Crippen LogP contribution < -0.4 is 11.3 Å². The summed E-state index contributed by atoms with van der Waals surface area (Å²) in [6, 6.07) is 0.859. The molecular formula is C24H30FN3O4. The van der Waals surface area contributed by atoms with Gasteiger partial charge in [0.15, 0.2) is 5.60 Å². The summed E-state index contributed by atoms with van der Waals surface area (Å²) in [6.45, 7) is 4.89. The number of aliphatic hydroxyl groups is 1. The number of hydrogen-bond acceptors (Lipinski definition) is 6. The summed E-state index contributed by atoms with van der Waals surface area (Å²) < 4.78 is 20.5. The number of pyridine rings is 1. The smallest absolute Gasteiger partial charge is 0.343 e. The number of cyclic esters (lactones) is 1. The molecular weight excluding hydrogens is 413 g/mol. The maximum Gasteiger partial charge on any atom is 0.343 e. The van der Waals surface area contributed by atoms with Gasteiger partial charge in [-0.15, -0.1) is 0 Å². The van der Waals surface area contributed by atoms with Crippen molar-refractivity contribution in [2.45, 2.75) is 70.9 Å². The fourth-order valence-electron chi connectivity index (χ4n) is 4.63. The number of carbonyl (C=O) groups excluding carboxylic acids is 1. The highest BCUT2D eigenvalue weighted by Crippen LogP contribution is 2.36. The predicted molar refractivity (Wildman–Crippen MR) is 119 cm³/mol. The molecule has 0 saturated carbocycles. The molecule has 3 heterocycles. The Labute approximate surface area is 186 Å². The standard InChI is InChI=1S/C24H30FN3O4/c1-4-24(31)17-9-20-21(27-19(10-25)13(2)3)15(14-7-5-6-8-18(14)26)11-28(20)22(29)16(17)12-32-23(24)30/h5,7,9,13,18-19,31H,4,6,8,10-12,26H2,1-3H3/b15-14+,27-21+/t18-,19?,24-/m0/s1. The highest BCUT2D eigenvalue weighted by atomic mass is 19.1. The van der Waals surface area contributed by atoms with Crippen molar-refractivity contribution >= 4 is 11.7 Å². The Morgan fingerprint density at radius 2 is 2.16 bits per heavy atom. The second-order valence-electron chi connectivity index (χ2n) is 9.07. The van der Waals surface area contributed by atoms with E-state index in [2.05, 4.69) is 0 Å². The van der Waals surface area contributed by atoms with Gasteiger partial charge in [-0.3, -0.25) is 9.79 Å². The second kappa shape index (κ2) is 8.41. The fourth-order valence-corrected chi connectivity index (χ4v) is 4.63. The molecule has 8 heteroatoms. The van der Waals surface area contributed by atoms with Gasteiger partial charge < -0.3 is 20.1 Å². The zero-order valence-corrected chi connectivity index (χ0v) is 18.7. The number of nitrogens with two attached hydrogens (primary N) is 1. The topological polar surface area (TPSA) is 107 Å². The monoisotopic (exact) mass is 443 g/mol. The van der Waals surface area contributed by atoms with E-state index in [9.17, 15) is 19.1 Å². The van der Waals surface area contributed by atoms with Gasteiger partial charge in [0.25, 0.3) is 5.56 Å². The molecule has 0 amide bonds. The SMILES string of the molecule is CC[C@@]1(O)C(=O)OCc2c1cc1n(c2=O)CC(=C2/C=CCC[C@@H]2N)/C1=N\C(CF)C(C)C. The van der Waals surface area contributed by atoms with E-state index in [1.165, 1.54) is 0 Å². The number of esters is 1. The van der Waals surface area contributed by atoms with E-state index < -0.39 is 24.3 Å². The molecule has 1 unspecified atom stereocenters. The quantitative estimate of drug-likeness (QED) is 0.695. The molecule has 0 radical (unpaired) electrons. The number of carbonyl (C=O) groups is 1. The number of fused-ring (bicyclic) bond motifs is 2. The minimum Gasteiger partial charge on any atom is -0.458 e. The molecule has 1 aromatic rings. The molecule has 0 spiro atoms. The summed E-state index contributed by atoms with van der Waals surface area (Å²) in [4.78, 5) is 30.5. The summed E-state index contributed by atoms with van der Waals surface area (Å²) in [5.74, 6) is -0.816. The molecule has 32 heavy (non-hydrogen) atoms. The van der Waals surface area contributed by atoms with Crippen molar-refractivity contribution < 1.29 is 19.0 Å². The lowest BCUT2D eigenvalue weighted by atomic mass is 9.85. The molecule has 3 aliphatic rings. The Morgan fingerprint density at radius 1 is 1.41 bits per heavy atom. The molecule has 3 atom stereocenters. The molecule has 4 rings (SSSR count). The van der Waals surface area contributed by atoms with Gasteiger partial charge in [-0.1, -0.05) is 32.9 Å². The lowest BCUT2D eigenvalue weighted by Gasteiger charge is -2.31. The van der Waals surface area contributed by atoms with Crippen LogP contribution >= 0.6 is 0 Å². The number of hydrogen-bond donors (Lipinski definition) is 2. The Morgan fingerprint density at radius 3 is 2.78 bits per heavy atom. The molecule has 0 saturated heterocycles. The molecule has 1 aliphatic carbocycles. The van der Waals surface area contributed by atoms with Crippen molar-refractivity contribution in [1.29, 1.82) is 0 Å². The lowest BCUT2D eigenvalue weighted by molar-refractivity contribution is -0.172. The minimum absolute atomic E-state index is 0.0460. The molecule has 2 aliphatic heterocycles. The van der Waals surface area contributed by atoms with Gasteiger partial charge in [-0.05, 0) is 36.8 Å². The highest BCUT2D eigenvalue weighted by molar-refractivity contribution is 6.14. The van der Waals surface area contributed by atoms with Crippen LogP contribution in [0.25, 0.3) is 0 Å². The molecule has 0 bridgehead atoms. The first-order valence-corrected chi connectivity index (χ1v) is 11.2. The Balaban J connectivity index is 2.00. The Kier molecular flexibility index (Phi) is 5.94. The Hall–Kier alpha value is -2.58. The molecule has 0 fully saturated rings. The van der Waals surface area contributed by atoms with Crippen LogP contribution in [0.5, 0.6) is 0 Å². The number of ether oxygens (including phenoxy) is 1. The van der Waals surface area contributed by atoms with E-state index >= 15 is 0 Å². The predicted octanol–water partition coefficient (Wildman–Crippen LogP) is 2.27. The van der Waals surface area contributed by atoms with Crippen molar-refractivity contribution in [2.75, 3.05) is 6.67 Å². The summed E-state index contributed by atoms with van der Waals surface area (Å²) in [5.41, 5.74) is 7.32. The molecule has 0 aromatic carbocycles. The van der Waals surface area contributed by atoms with E-state index in [0.717, 1.165) is 24.0 Å². The average Bonchev–Trinajstić information content (AvgIpc) is 3.13. The number of aromatic nitrogens is 1. The van der Waals surface area contributed by atoms with Crippen LogP contribution in [0, 0.1) is 5.92 Å². The summed E-state index contributed by atoms with van der Waals surface area (Å²) in [6.07, 6.45) is 5.71. The Bertz CT molecular complexity index is 1100. The average molecular weight is 444 g/mol. The summed E-state index contributed by atoms with van der Waals surface area (Å²) in [5, 5.41) is 11.0. The van der Waals surface area contributed by atoms with Crippen LogP contribution in [0.3, 0.4) is 0 Å². The zero-order valence-electron chi connectivity index (χ0n) is 18.7. The third-order valence-corrected chi connectivity index (χ3v) is 6.80. The first-order valence-electron chi connectivity index (χ1n) is 11.2. The van der Waals surface area contributed by atoms with Crippen LogP contribution in [-0.2, 0) is 28.3 Å².